The van der Waals surface area contributed by atoms with E-state index in [4.69, 9.17) is 0 Å². The van der Waals surface area contributed by atoms with Gasteiger partial charge in [0.2, 0.25) is 0 Å². The summed E-state index contributed by atoms with van der Waals surface area (Å²) in [5.74, 6) is 0. The van der Waals surface area contributed by atoms with E-state index in [1.807, 2.05) is 6.92 Å². The van der Waals surface area contributed by atoms with Crippen LogP contribution in [0.2, 0.25) is 0 Å². The van der Waals surface area contributed by atoms with Crippen LogP contribution in [0.15, 0.2) is 12.3 Å². The van der Waals surface area contributed by atoms with Gasteiger partial charge in [0, 0.05) is 18.2 Å². The van der Waals surface area contributed by atoms with E-state index in [0.717, 1.165) is 24.6 Å². The van der Waals surface area contributed by atoms with Crippen LogP contribution in [0.25, 0.3) is 0 Å². The molecule has 0 amide bonds. The van der Waals surface area contributed by atoms with Crippen LogP contribution in [-0.4, -0.2) is 17.6 Å². The second-order valence-electron chi connectivity index (χ2n) is 2.72. The number of carbonyl (C=O) groups is 2. The highest BCUT2D eigenvalue weighted by atomic mass is 16.1. The number of nitrogens with zero attached hydrogens (tertiary/aromatic N) is 1. The molecule has 13 heavy (non-hydrogen) atoms. The van der Waals surface area contributed by atoms with Crippen LogP contribution in [0, 0.1) is 0 Å². The fourth-order valence-corrected chi connectivity index (χ4v) is 1.10. The summed E-state index contributed by atoms with van der Waals surface area (Å²) < 4.78 is 0. The first-order valence-electron chi connectivity index (χ1n) is 4.18. The maximum absolute atomic E-state index is 10.6. The summed E-state index contributed by atoms with van der Waals surface area (Å²) in [6.45, 7) is 1.99. The molecule has 1 heterocycles. The molecule has 0 N–H and O–H groups in total. The van der Waals surface area contributed by atoms with Crippen LogP contribution in [0.3, 0.4) is 0 Å². The fourth-order valence-electron chi connectivity index (χ4n) is 1.10. The summed E-state index contributed by atoms with van der Waals surface area (Å²) in [6.07, 6.45) is 4.24. The summed E-state index contributed by atoms with van der Waals surface area (Å²) in [4.78, 5) is 24.9. The van der Waals surface area contributed by atoms with E-state index < -0.39 is 0 Å². The van der Waals surface area contributed by atoms with Crippen molar-refractivity contribution in [3.05, 3.63) is 29.1 Å². The largest absolute Gasteiger partial charge is 0.303 e. The van der Waals surface area contributed by atoms with Crippen molar-refractivity contribution < 1.29 is 9.59 Å². The van der Waals surface area contributed by atoms with Crippen molar-refractivity contribution in [2.45, 2.75) is 19.8 Å². The van der Waals surface area contributed by atoms with Crippen molar-refractivity contribution in [2.24, 2.45) is 0 Å². The number of hydrogen-bond acceptors (Lipinski definition) is 3. The molecule has 0 atom stereocenters. The Kier molecular flexibility index (Phi) is 3.31. The van der Waals surface area contributed by atoms with Gasteiger partial charge in [-0.25, -0.2) is 0 Å². The Balaban J connectivity index is 3.07. The predicted octanol–water partition coefficient (Wildman–Crippen LogP) is 1.20. The zero-order valence-electron chi connectivity index (χ0n) is 7.49. The Labute approximate surface area is 76.8 Å². The molecule has 0 radical (unpaired) electrons. The van der Waals surface area contributed by atoms with Gasteiger partial charge in [0.1, 0.15) is 6.29 Å². The fraction of sp³-hybridized carbons (Fsp3) is 0.300. The number of rotatable bonds is 4. The Morgan fingerprint density at radius 2 is 2.23 bits per heavy atom. The molecule has 0 aliphatic carbocycles. The van der Waals surface area contributed by atoms with E-state index in [9.17, 15) is 9.59 Å². The zero-order chi connectivity index (χ0) is 9.68. The average molecular weight is 177 g/mol. The van der Waals surface area contributed by atoms with Crippen molar-refractivity contribution in [3.63, 3.8) is 0 Å². The second kappa shape index (κ2) is 4.50. The van der Waals surface area contributed by atoms with Crippen LogP contribution in [0.5, 0.6) is 0 Å². The number of aryl methyl sites for hydroxylation is 1. The summed E-state index contributed by atoms with van der Waals surface area (Å²) in [6, 6.07) is 1.78. The van der Waals surface area contributed by atoms with Gasteiger partial charge in [-0.15, -0.1) is 0 Å². The molecule has 0 spiro atoms. The van der Waals surface area contributed by atoms with Crippen LogP contribution >= 0.6 is 0 Å². The van der Waals surface area contributed by atoms with E-state index in [2.05, 4.69) is 4.98 Å². The van der Waals surface area contributed by atoms with E-state index in [0.29, 0.717) is 11.3 Å². The predicted molar refractivity (Wildman–Crippen MR) is 48.8 cm³/mol. The van der Waals surface area contributed by atoms with Crippen molar-refractivity contribution >= 4 is 12.6 Å². The third-order valence-corrected chi connectivity index (χ3v) is 1.87. The van der Waals surface area contributed by atoms with Crippen molar-refractivity contribution in [1.29, 1.82) is 0 Å². The van der Waals surface area contributed by atoms with E-state index in [1.165, 1.54) is 0 Å². The first-order chi connectivity index (χ1) is 6.31. The molecule has 1 rings (SSSR count). The molecule has 0 fully saturated rings. The van der Waals surface area contributed by atoms with E-state index in [-0.39, 0.29) is 6.42 Å². The molecule has 0 aromatic carbocycles. The van der Waals surface area contributed by atoms with E-state index >= 15 is 0 Å². The Bertz CT molecular complexity index is 321. The highest BCUT2D eigenvalue weighted by Gasteiger charge is 2.03. The summed E-state index contributed by atoms with van der Waals surface area (Å²) in [7, 11) is 0. The van der Waals surface area contributed by atoms with Gasteiger partial charge < -0.3 is 4.79 Å². The van der Waals surface area contributed by atoms with Gasteiger partial charge >= 0.3 is 0 Å². The quantitative estimate of drug-likeness (QED) is 0.649. The zero-order valence-corrected chi connectivity index (χ0v) is 7.49. The minimum Gasteiger partial charge on any atom is -0.303 e. The normalized spacial score (nSPS) is 9.62. The van der Waals surface area contributed by atoms with Gasteiger partial charge in [-0.2, -0.15) is 0 Å². The van der Waals surface area contributed by atoms with Gasteiger partial charge in [0.15, 0.2) is 6.29 Å². The first kappa shape index (κ1) is 9.58. The van der Waals surface area contributed by atoms with Gasteiger partial charge in [-0.1, -0.05) is 6.92 Å². The second-order valence-corrected chi connectivity index (χ2v) is 2.72. The van der Waals surface area contributed by atoms with Gasteiger partial charge in [-0.3, -0.25) is 9.78 Å². The number of carbonyl (C=O) groups excluding carboxylic acids is 2. The molecule has 0 saturated carbocycles. The third-order valence-electron chi connectivity index (χ3n) is 1.87. The molecule has 0 saturated heterocycles. The minimum absolute atomic E-state index is 0.206. The lowest BCUT2D eigenvalue weighted by Crippen LogP contribution is -1.99. The smallest absolute Gasteiger partial charge is 0.151 e. The van der Waals surface area contributed by atoms with Gasteiger partial charge in [0.05, 0.1) is 5.69 Å². The highest BCUT2D eigenvalue weighted by Crippen LogP contribution is 2.07. The molecule has 3 nitrogen and oxygen atoms in total. The molecule has 1 aromatic rings. The van der Waals surface area contributed by atoms with Gasteiger partial charge in [0.25, 0.3) is 0 Å². The number of aldehydes is 2. The summed E-state index contributed by atoms with van der Waals surface area (Å²) in [5, 5.41) is 0. The maximum atomic E-state index is 10.6. The van der Waals surface area contributed by atoms with E-state index in [1.54, 1.807) is 12.3 Å². The lowest BCUT2D eigenvalue weighted by molar-refractivity contribution is -0.107. The van der Waals surface area contributed by atoms with Crippen LogP contribution < -0.4 is 0 Å². The number of pyridine rings is 1. The lowest BCUT2D eigenvalue weighted by atomic mass is 10.1. The monoisotopic (exact) mass is 177 g/mol. The molecule has 3 heteroatoms. The molecule has 0 unspecified atom stereocenters. The Morgan fingerprint density at radius 3 is 2.77 bits per heavy atom. The first-order valence-corrected chi connectivity index (χ1v) is 4.18. The topological polar surface area (TPSA) is 47.0 Å². The highest BCUT2D eigenvalue weighted by molar-refractivity contribution is 5.78. The van der Waals surface area contributed by atoms with Crippen molar-refractivity contribution in [3.8, 4) is 0 Å². The molecule has 68 valence electrons. The molecule has 0 aliphatic heterocycles. The van der Waals surface area contributed by atoms with Crippen molar-refractivity contribution in [1.82, 2.24) is 4.98 Å². The SMILES string of the molecule is CCc1cnc(CC=O)c(C=O)c1. The minimum atomic E-state index is 0.206. The van der Waals surface area contributed by atoms with Crippen molar-refractivity contribution in [2.75, 3.05) is 0 Å². The lowest BCUT2D eigenvalue weighted by Gasteiger charge is -2.01. The Morgan fingerprint density at radius 1 is 1.46 bits per heavy atom. The number of aromatic nitrogens is 1. The van der Waals surface area contributed by atoms with Crippen LogP contribution in [0.4, 0.5) is 0 Å². The third kappa shape index (κ3) is 2.21. The Hall–Kier alpha value is -1.51. The summed E-state index contributed by atoms with van der Waals surface area (Å²) in [5.41, 5.74) is 2.09. The average Bonchev–Trinajstić information content (AvgIpc) is 2.19. The molecule has 1 aromatic heterocycles. The maximum Gasteiger partial charge on any atom is 0.151 e. The summed E-state index contributed by atoms with van der Waals surface area (Å²) >= 11 is 0. The molecule has 0 aliphatic rings. The van der Waals surface area contributed by atoms with Gasteiger partial charge in [-0.05, 0) is 18.1 Å². The van der Waals surface area contributed by atoms with Crippen LogP contribution in [0.1, 0.15) is 28.5 Å². The standard InChI is InChI=1S/C10H11NO2/c1-2-8-5-9(7-13)10(3-4-12)11-6-8/h4-7H,2-3H2,1H3. The number of hydrogen-bond donors (Lipinski definition) is 0. The van der Waals surface area contributed by atoms with Crippen LogP contribution in [-0.2, 0) is 17.6 Å². The molecule has 0 bridgehead atoms. The molecular formula is C10H11NO2. The molecular weight excluding hydrogens is 166 g/mol.